The van der Waals surface area contributed by atoms with Crippen LogP contribution < -0.4 is 5.32 Å². The van der Waals surface area contributed by atoms with Gasteiger partial charge < -0.3 is 10.2 Å². The highest BCUT2D eigenvalue weighted by molar-refractivity contribution is 7.98. The number of fused-ring (bicyclic) bond motifs is 3. The van der Waals surface area contributed by atoms with Gasteiger partial charge in [-0.05, 0) is 59.7 Å². The molecule has 1 amide bonds. The van der Waals surface area contributed by atoms with E-state index < -0.39 is 17.6 Å². The summed E-state index contributed by atoms with van der Waals surface area (Å²) in [7, 11) is 0. The van der Waals surface area contributed by atoms with Gasteiger partial charge in [0.05, 0.1) is 17.2 Å². The third-order valence-electron chi connectivity index (χ3n) is 5.30. The van der Waals surface area contributed by atoms with Gasteiger partial charge in [-0.3, -0.25) is 4.79 Å². The molecule has 0 saturated carbocycles. The molecule has 0 spiro atoms. The lowest BCUT2D eigenvalue weighted by molar-refractivity contribution is -0.137. The Morgan fingerprint density at radius 3 is 2.67 bits per heavy atom. The summed E-state index contributed by atoms with van der Waals surface area (Å²) in [6.07, 6.45) is -2.62. The van der Waals surface area contributed by atoms with Crippen molar-refractivity contribution >= 4 is 17.7 Å². The van der Waals surface area contributed by atoms with E-state index in [-0.39, 0.29) is 11.6 Å². The fourth-order valence-electron chi connectivity index (χ4n) is 4.00. The Balaban J connectivity index is 1.93. The molecule has 3 nitrogen and oxygen atoms in total. The van der Waals surface area contributed by atoms with Gasteiger partial charge in [0.15, 0.2) is 0 Å². The van der Waals surface area contributed by atoms with E-state index in [4.69, 9.17) is 0 Å². The monoisotopic (exact) mass is 392 g/mol. The van der Waals surface area contributed by atoms with Crippen LogP contribution >= 0.6 is 11.8 Å². The smallest absolute Gasteiger partial charge is 0.329 e. The van der Waals surface area contributed by atoms with Crippen molar-refractivity contribution in [1.82, 2.24) is 10.2 Å². The average molecular weight is 392 g/mol. The SMILES string of the molecule is CSc1ccc(-c2cc3c(c(C(F)(F)F)c2)C(=O)N2CCNC[C@@H]32)c(C)c1. The number of benzene rings is 2. The van der Waals surface area contributed by atoms with Crippen LogP contribution in [0.1, 0.15) is 33.1 Å². The third-order valence-corrected chi connectivity index (χ3v) is 6.02. The van der Waals surface area contributed by atoms with Crippen LogP contribution in [0.4, 0.5) is 13.2 Å². The molecule has 0 radical (unpaired) electrons. The number of alkyl halides is 3. The topological polar surface area (TPSA) is 32.3 Å². The molecule has 142 valence electrons. The second kappa shape index (κ2) is 6.56. The Bertz CT molecular complexity index is 926. The highest BCUT2D eigenvalue weighted by Gasteiger charge is 2.45. The molecule has 4 rings (SSSR count). The van der Waals surface area contributed by atoms with Gasteiger partial charge in [-0.1, -0.05) is 6.07 Å². The van der Waals surface area contributed by atoms with Crippen molar-refractivity contribution in [3.05, 3.63) is 52.6 Å². The van der Waals surface area contributed by atoms with E-state index in [1.807, 2.05) is 31.4 Å². The van der Waals surface area contributed by atoms with E-state index in [2.05, 4.69) is 5.32 Å². The van der Waals surface area contributed by atoms with Crippen LogP contribution in [-0.2, 0) is 6.18 Å². The van der Waals surface area contributed by atoms with Crippen LogP contribution in [0.15, 0.2) is 35.2 Å². The Morgan fingerprint density at radius 1 is 1.22 bits per heavy atom. The first-order valence-corrected chi connectivity index (χ1v) is 9.95. The maximum Gasteiger partial charge on any atom is 0.417 e. The number of hydrogen-bond donors (Lipinski definition) is 1. The molecule has 0 aliphatic carbocycles. The second-order valence-corrected chi connectivity index (χ2v) is 7.76. The maximum atomic E-state index is 13.8. The van der Waals surface area contributed by atoms with Crippen molar-refractivity contribution in [2.45, 2.75) is 24.0 Å². The molecule has 0 aromatic heterocycles. The number of aryl methyl sites for hydroxylation is 1. The first-order chi connectivity index (χ1) is 12.8. The van der Waals surface area contributed by atoms with Crippen LogP contribution in [0, 0.1) is 6.92 Å². The lowest BCUT2D eigenvalue weighted by Gasteiger charge is -2.30. The van der Waals surface area contributed by atoms with Crippen molar-refractivity contribution in [3.63, 3.8) is 0 Å². The summed E-state index contributed by atoms with van der Waals surface area (Å²) in [6.45, 7) is 3.39. The van der Waals surface area contributed by atoms with Gasteiger partial charge in [0.1, 0.15) is 0 Å². The van der Waals surface area contributed by atoms with Gasteiger partial charge in [0, 0.05) is 24.5 Å². The zero-order chi connectivity index (χ0) is 19.3. The summed E-state index contributed by atoms with van der Waals surface area (Å²) in [5, 5.41) is 3.18. The first-order valence-electron chi connectivity index (χ1n) is 8.73. The molecule has 0 unspecified atom stereocenters. The van der Waals surface area contributed by atoms with Crippen molar-refractivity contribution in [3.8, 4) is 11.1 Å². The number of carbonyl (C=O) groups is 1. The zero-order valence-corrected chi connectivity index (χ0v) is 15.8. The first kappa shape index (κ1) is 18.4. The second-order valence-electron chi connectivity index (χ2n) is 6.89. The minimum Gasteiger partial charge on any atom is -0.329 e. The maximum absolute atomic E-state index is 13.8. The molecule has 2 aromatic carbocycles. The number of nitrogens with zero attached hydrogens (tertiary/aromatic N) is 1. The number of rotatable bonds is 2. The summed E-state index contributed by atoms with van der Waals surface area (Å²) in [5.41, 5.74) is 1.64. The van der Waals surface area contributed by atoms with Gasteiger partial charge in [-0.25, -0.2) is 0 Å². The quantitative estimate of drug-likeness (QED) is 0.764. The highest BCUT2D eigenvalue weighted by Crippen LogP contribution is 2.44. The van der Waals surface area contributed by atoms with Crippen molar-refractivity contribution < 1.29 is 18.0 Å². The van der Waals surface area contributed by atoms with Gasteiger partial charge in [-0.15, -0.1) is 11.8 Å². The minimum absolute atomic E-state index is 0.182. The Kier molecular flexibility index (Phi) is 4.47. The molecule has 2 aliphatic heterocycles. The molecule has 1 atom stereocenters. The average Bonchev–Trinajstić information content (AvgIpc) is 2.93. The number of hydrogen-bond acceptors (Lipinski definition) is 3. The molecule has 1 saturated heterocycles. The number of amides is 1. The zero-order valence-electron chi connectivity index (χ0n) is 15.0. The van der Waals surface area contributed by atoms with Crippen molar-refractivity contribution in [2.24, 2.45) is 0 Å². The molecule has 2 heterocycles. The lowest BCUT2D eigenvalue weighted by atomic mass is 9.91. The molecule has 1 N–H and O–H groups in total. The fourth-order valence-corrected chi connectivity index (χ4v) is 4.50. The van der Waals surface area contributed by atoms with Gasteiger partial charge in [-0.2, -0.15) is 13.2 Å². The molecule has 7 heteroatoms. The largest absolute Gasteiger partial charge is 0.417 e. The molecule has 2 aliphatic rings. The number of carbonyl (C=O) groups excluding carboxylic acids is 1. The van der Waals surface area contributed by atoms with Gasteiger partial charge in [0.2, 0.25) is 0 Å². The lowest BCUT2D eigenvalue weighted by Crippen LogP contribution is -2.44. The Labute approximate surface area is 159 Å². The van der Waals surface area contributed by atoms with E-state index in [1.165, 1.54) is 0 Å². The molecule has 0 bridgehead atoms. The van der Waals surface area contributed by atoms with Crippen molar-refractivity contribution in [2.75, 3.05) is 25.9 Å². The molecular formula is C20H19F3N2OS. The van der Waals surface area contributed by atoms with Crippen molar-refractivity contribution in [1.29, 1.82) is 0 Å². The molecule has 2 aromatic rings. The van der Waals surface area contributed by atoms with Crippen LogP contribution in [0.5, 0.6) is 0 Å². The highest BCUT2D eigenvalue weighted by atomic mass is 32.2. The summed E-state index contributed by atoms with van der Waals surface area (Å²) < 4.78 is 41.5. The summed E-state index contributed by atoms with van der Waals surface area (Å²) >= 11 is 1.59. The van der Waals surface area contributed by atoms with E-state index in [0.29, 0.717) is 30.8 Å². The minimum atomic E-state index is -4.58. The van der Waals surface area contributed by atoms with E-state index in [1.54, 1.807) is 22.7 Å². The molecule has 1 fully saturated rings. The third kappa shape index (κ3) is 3.02. The van der Waals surface area contributed by atoms with Crippen LogP contribution in [0.2, 0.25) is 0 Å². The van der Waals surface area contributed by atoms with E-state index in [9.17, 15) is 18.0 Å². The van der Waals surface area contributed by atoms with Crippen LogP contribution in [-0.4, -0.2) is 36.7 Å². The van der Waals surface area contributed by atoms with Gasteiger partial charge >= 0.3 is 6.18 Å². The standard InChI is InChI=1S/C20H19F3N2OS/c1-11-7-13(27-2)3-4-14(11)12-8-15-17-10-24-5-6-25(17)19(26)18(15)16(9-12)20(21,22)23/h3-4,7-9,17,24H,5-6,10H2,1-2H3/t17-/m0/s1. The van der Waals surface area contributed by atoms with Crippen LogP contribution in [0.3, 0.4) is 0 Å². The molecular weight excluding hydrogens is 373 g/mol. The summed E-state index contributed by atoms with van der Waals surface area (Å²) in [6, 6.07) is 8.29. The van der Waals surface area contributed by atoms with Gasteiger partial charge in [0.25, 0.3) is 5.91 Å². The predicted molar refractivity (Wildman–Crippen MR) is 100 cm³/mol. The normalized spacial score (nSPS) is 19.2. The van der Waals surface area contributed by atoms with Crippen LogP contribution in [0.25, 0.3) is 11.1 Å². The number of nitrogens with one attached hydrogen (secondary N) is 1. The fraction of sp³-hybridized carbons (Fsp3) is 0.350. The summed E-state index contributed by atoms with van der Waals surface area (Å²) in [5.74, 6) is -0.509. The Hall–Kier alpha value is -1.99. The predicted octanol–water partition coefficient (Wildman–Crippen LogP) is 4.50. The Morgan fingerprint density at radius 2 is 2.00 bits per heavy atom. The number of thioether (sulfide) groups is 1. The number of piperazine rings is 1. The number of halogens is 3. The summed E-state index contributed by atoms with van der Waals surface area (Å²) in [4.78, 5) is 15.3. The molecule has 27 heavy (non-hydrogen) atoms. The van der Waals surface area contributed by atoms with E-state index in [0.717, 1.165) is 22.1 Å². The van der Waals surface area contributed by atoms with E-state index >= 15 is 0 Å².